The molecular weight excluding hydrogens is 298 g/mol. The summed E-state index contributed by atoms with van der Waals surface area (Å²) >= 11 is 5.20. The first-order valence-electron chi connectivity index (χ1n) is 5.37. The lowest BCUT2D eigenvalue weighted by atomic mass is 10.1. The molecule has 0 amide bonds. The molecule has 0 aliphatic carbocycles. The van der Waals surface area contributed by atoms with Gasteiger partial charge in [0.25, 0.3) is 0 Å². The van der Waals surface area contributed by atoms with Crippen LogP contribution in [0.1, 0.15) is 23.4 Å². The molecule has 0 aliphatic rings. The summed E-state index contributed by atoms with van der Waals surface area (Å²) in [5, 5.41) is 2.05. The van der Waals surface area contributed by atoms with E-state index in [1.165, 1.54) is 4.88 Å². The van der Waals surface area contributed by atoms with Gasteiger partial charge in [-0.25, -0.2) is 0 Å². The Kier molecular flexibility index (Phi) is 4.20. The number of ether oxygens (including phenoxy) is 1. The molecule has 2 rings (SSSR count). The Hall–Kier alpha value is -0.840. The summed E-state index contributed by atoms with van der Waals surface area (Å²) in [4.78, 5) is 1.22. The van der Waals surface area contributed by atoms with E-state index in [0.717, 1.165) is 15.8 Å². The molecule has 0 bridgehead atoms. The zero-order valence-corrected chi connectivity index (χ0v) is 11.9. The van der Waals surface area contributed by atoms with Crippen LogP contribution < -0.4 is 10.5 Å². The highest BCUT2D eigenvalue weighted by atomic mass is 79.9. The summed E-state index contributed by atoms with van der Waals surface area (Å²) in [6.07, 6.45) is 0. The van der Waals surface area contributed by atoms with Gasteiger partial charge < -0.3 is 10.5 Å². The first-order valence-corrected chi connectivity index (χ1v) is 7.04. The van der Waals surface area contributed by atoms with Crippen LogP contribution in [0.2, 0.25) is 0 Å². The Bertz CT molecular complexity index is 482. The van der Waals surface area contributed by atoms with Crippen molar-refractivity contribution >= 4 is 27.3 Å². The largest absolute Gasteiger partial charge is 0.487 e. The van der Waals surface area contributed by atoms with E-state index in [4.69, 9.17) is 10.5 Å². The average Bonchev–Trinajstić information content (AvgIpc) is 2.80. The zero-order chi connectivity index (χ0) is 12.3. The number of hydrogen-bond acceptors (Lipinski definition) is 3. The molecule has 0 unspecified atom stereocenters. The van der Waals surface area contributed by atoms with Gasteiger partial charge in [-0.3, -0.25) is 0 Å². The Labute approximate surface area is 114 Å². The molecule has 4 heteroatoms. The number of rotatable bonds is 4. The number of halogens is 1. The minimum absolute atomic E-state index is 0.0395. The second-order valence-electron chi connectivity index (χ2n) is 3.85. The Morgan fingerprint density at radius 2 is 2.24 bits per heavy atom. The molecule has 1 aromatic heterocycles. The number of hydrogen-bond donors (Lipinski definition) is 1. The van der Waals surface area contributed by atoms with E-state index in [0.29, 0.717) is 6.61 Å². The van der Waals surface area contributed by atoms with E-state index in [1.807, 2.05) is 36.6 Å². The second-order valence-corrected chi connectivity index (χ2v) is 5.73. The number of thiophene rings is 1. The monoisotopic (exact) mass is 311 g/mol. The minimum Gasteiger partial charge on any atom is -0.487 e. The van der Waals surface area contributed by atoms with Crippen LogP contribution in [-0.4, -0.2) is 0 Å². The van der Waals surface area contributed by atoms with Gasteiger partial charge in [0.05, 0.1) is 4.47 Å². The van der Waals surface area contributed by atoms with Crippen molar-refractivity contribution in [3.8, 4) is 5.75 Å². The standard InChI is InChI=1S/C13H14BrNOS/c1-9(15)10-4-5-13(12(14)7-10)16-8-11-3-2-6-17-11/h2-7,9H,8,15H2,1H3/t9-/m1/s1. The lowest BCUT2D eigenvalue weighted by Crippen LogP contribution is -2.05. The van der Waals surface area contributed by atoms with Gasteiger partial charge in [-0.15, -0.1) is 11.3 Å². The highest BCUT2D eigenvalue weighted by Crippen LogP contribution is 2.28. The lowest BCUT2D eigenvalue weighted by Gasteiger charge is -2.10. The lowest BCUT2D eigenvalue weighted by molar-refractivity contribution is 0.307. The molecule has 0 saturated carbocycles. The van der Waals surface area contributed by atoms with Gasteiger partial charge in [0, 0.05) is 10.9 Å². The topological polar surface area (TPSA) is 35.2 Å². The van der Waals surface area contributed by atoms with Crippen LogP contribution in [0.15, 0.2) is 40.2 Å². The smallest absolute Gasteiger partial charge is 0.134 e. The van der Waals surface area contributed by atoms with Crippen molar-refractivity contribution in [3.63, 3.8) is 0 Å². The third-order valence-corrected chi connectivity index (χ3v) is 3.90. The molecule has 1 heterocycles. The molecule has 2 N–H and O–H groups in total. The van der Waals surface area contributed by atoms with Crippen molar-refractivity contribution in [2.45, 2.75) is 19.6 Å². The second kappa shape index (κ2) is 5.67. The molecule has 1 aromatic carbocycles. The van der Waals surface area contributed by atoms with Gasteiger partial charge in [0.1, 0.15) is 12.4 Å². The molecule has 17 heavy (non-hydrogen) atoms. The maximum atomic E-state index is 5.82. The van der Waals surface area contributed by atoms with Crippen LogP contribution in [0.3, 0.4) is 0 Å². The molecule has 0 saturated heterocycles. The summed E-state index contributed by atoms with van der Waals surface area (Å²) in [5.41, 5.74) is 6.92. The number of benzene rings is 1. The summed E-state index contributed by atoms with van der Waals surface area (Å²) in [5.74, 6) is 0.850. The van der Waals surface area contributed by atoms with Crippen molar-refractivity contribution in [1.82, 2.24) is 0 Å². The van der Waals surface area contributed by atoms with E-state index in [2.05, 4.69) is 22.0 Å². The third-order valence-electron chi connectivity index (χ3n) is 2.43. The van der Waals surface area contributed by atoms with Gasteiger partial charge >= 0.3 is 0 Å². The molecule has 2 nitrogen and oxygen atoms in total. The Morgan fingerprint density at radius 1 is 1.41 bits per heavy atom. The highest BCUT2D eigenvalue weighted by Gasteiger charge is 2.06. The number of nitrogens with two attached hydrogens (primary N) is 1. The normalized spacial score (nSPS) is 12.4. The predicted octanol–water partition coefficient (Wildman–Crippen LogP) is 4.11. The van der Waals surface area contributed by atoms with Crippen LogP contribution in [-0.2, 0) is 6.61 Å². The molecule has 0 fully saturated rings. The molecule has 0 aliphatic heterocycles. The summed E-state index contributed by atoms with van der Waals surface area (Å²) in [6, 6.07) is 10.1. The van der Waals surface area contributed by atoms with E-state index in [9.17, 15) is 0 Å². The van der Waals surface area contributed by atoms with E-state index < -0.39 is 0 Å². The van der Waals surface area contributed by atoms with Crippen LogP contribution in [0.5, 0.6) is 5.75 Å². The van der Waals surface area contributed by atoms with Crippen LogP contribution in [0.4, 0.5) is 0 Å². The average molecular weight is 312 g/mol. The highest BCUT2D eigenvalue weighted by molar-refractivity contribution is 9.10. The van der Waals surface area contributed by atoms with Crippen LogP contribution in [0, 0.1) is 0 Å². The van der Waals surface area contributed by atoms with Gasteiger partial charge in [-0.05, 0) is 52.0 Å². The molecular formula is C13H14BrNOS. The van der Waals surface area contributed by atoms with E-state index in [-0.39, 0.29) is 6.04 Å². The van der Waals surface area contributed by atoms with Crippen LogP contribution in [0.25, 0.3) is 0 Å². The molecule has 90 valence electrons. The van der Waals surface area contributed by atoms with Crippen molar-refractivity contribution in [3.05, 3.63) is 50.6 Å². The summed E-state index contributed by atoms with van der Waals surface area (Å²) < 4.78 is 6.69. The SMILES string of the molecule is C[C@@H](N)c1ccc(OCc2cccs2)c(Br)c1. The molecule has 0 radical (unpaired) electrons. The van der Waals surface area contributed by atoms with Gasteiger partial charge in [-0.2, -0.15) is 0 Å². The molecule has 0 spiro atoms. The van der Waals surface area contributed by atoms with Crippen LogP contribution >= 0.6 is 27.3 Å². The summed E-state index contributed by atoms with van der Waals surface area (Å²) in [6.45, 7) is 2.57. The van der Waals surface area contributed by atoms with E-state index >= 15 is 0 Å². The molecule has 1 atom stereocenters. The van der Waals surface area contributed by atoms with E-state index in [1.54, 1.807) is 11.3 Å². The fourth-order valence-electron chi connectivity index (χ4n) is 1.46. The first kappa shape index (κ1) is 12.6. The minimum atomic E-state index is 0.0395. The van der Waals surface area contributed by atoms with Gasteiger partial charge in [0.15, 0.2) is 0 Å². The fraction of sp³-hybridized carbons (Fsp3) is 0.231. The quantitative estimate of drug-likeness (QED) is 0.922. The maximum absolute atomic E-state index is 5.82. The fourth-order valence-corrected chi connectivity index (χ4v) is 2.59. The Balaban J connectivity index is 2.06. The summed E-state index contributed by atoms with van der Waals surface area (Å²) in [7, 11) is 0. The van der Waals surface area contributed by atoms with Gasteiger partial charge in [0.2, 0.25) is 0 Å². The van der Waals surface area contributed by atoms with Gasteiger partial charge in [-0.1, -0.05) is 12.1 Å². The first-order chi connectivity index (χ1) is 8.16. The van der Waals surface area contributed by atoms with Crippen molar-refractivity contribution in [2.24, 2.45) is 5.73 Å². The predicted molar refractivity (Wildman–Crippen MR) is 75.4 cm³/mol. The zero-order valence-electron chi connectivity index (χ0n) is 9.52. The maximum Gasteiger partial charge on any atom is 0.134 e. The van der Waals surface area contributed by atoms with Crippen molar-refractivity contribution in [2.75, 3.05) is 0 Å². The van der Waals surface area contributed by atoms with Crippen molar-refractivity contribution in [1.29, 1.82) is 0 Å². The molecule has 2 aromatic rings. The Morgan fingerprint density at radius 3 is 2.82 bits per heavy atom. The third kappa shape index (κ3) is 3.31. The van der Waals surface area contributed by atoms with Crippen molar-refractivity contribution < 1.29 is 4.74 Å².